The predicted octanol–water partition coefficient (Wildman–Crippen LogP) is 3.62. The van der Waals surface area contributed by atoms with Crippen molar-refractivity contribution in [2.75, 3.05) is 12.4 Å². The second-order valence-corrected chi connectivity index (χ2v) is 4.64. The zero-order valence-electron chi connectivity index (χ0n) is 11.6. The molecule has 0 fully saturated rings. The van der Waals surface area contributed by atoms with Gasteiger partial charge >= 0.3 is 6.03 Å². The average molecular weight is 270 g/mol. The minimum atomic E-state index is -0.222. The Kier molecular flexibility index (Phi) is 4.25. The molecule has 0 bridgehead atoms. The SMILES string of the molecule is CC(c1ccccc1O)N(C)C(=O)Nc1ccccc1. The van der Waals surface area contributed by atoms with Crippen molar-refractivity contribution >= 4 is 11.7 Å². The lowest BCUT2D eigenvalue weighted by molar-refractivity contribution is 0.207. The molecule has 4 heteroatoms. The number of carbonyl (C=O) groups excluding carboxylic acids is 1. The molecule has 0 aliphatic carbocycles. The van der Waals surface area contributed by atoms with Crippen LogP contribution in [0.15, 0.2) is 54.6 Å². The number of amides is 2. The number of benzene rings is 2. The van der Waals surface area contributed by atoms with Crippen LogP contribution in [-0.4, -0.2) is 23.1 Å². The molecule has 0 aliphatic heterocycles. The van der Waals surface area contributed by atoms with Gasteiger partial charge in [-0.2, -0.15) is 0 Å². The minimum absolute atomic E-state index is 0.194. The third kappa shape index (κ3) is 3.09. The number of urea groups is 1. The lowest BCUT2D eigenvalue weighted by Gasteiger charge is -2.26. The largest absolute Gasteiger partial charge is 0.508 e. The van der Waals surface area contributed by atoms with Crippen LogP contribution in [-0.2, 0) is 0 Å². The van der Waals surface area contributed by atoms with Gasteiger partial charge in [-0.05, 0) is 25.1 Å². The maximum Gasteiger partial charge on any atom is 0.322 e. The van der Waals surface area contributed by atoms with E-state index in [-0.39, 0.29) is 17.8 Å². The Labute approximate surface area is 118 Å². The van der Waals surface area contributed by atoms with Gasteiger partial charge < -0.3 is 15.3 Å². The molecule has 104 valence electrons. The van der Waals surface area contributed by atoms with Crippen LogP contribution in [0.2, 0.25) is 0 Å². The number of anilines is 1. The first kappa shape index (κ1) is 13.9. The molecule has 2 rings (SSSR count). The summed E-state index contributed by atoms with van der Waals surface area (Å²) < 4.78 is 0. The lowest BCUT2D eigenvalue weighted by atomic mass is 10.1. The van der Waals surface area contributed by atoms with E-state index in [1.807, 2.05) is 49.4 Å². The first-order chi connectivity index (χ1) is 9.59. The molecule has 2 amide bonds. The molecule has 1 atom stereocenters. The van der Waals surface area contributed by atoms with E-state index in [2.05, 4.69) is 5.32 Å². The summed E-state index contributed by atoms with van der Waals surface area (Å²) in [6.45, 7) is 1.87. The van der Waals surface area contributed by atoms with Gasteiger partial charge in [0.05, 0.1) is 6.04 Å². The topological polar surface area (TPSA) is 52.6 Å². The van der Waals surface area contributed by atoms with Gasteiger partial charge in [-0.3, -0.25) is 0 Å². The van der Waals surface area contributed by atoms with Crippen molar-refractivity contribution in [3.63, 3.8) is 0 Å². The molecule has 0 spiro atoms. The zero-order chi connectivity index (χ0) is 14.5. The van der Waals surface area contributed by atoms with Crippen molar-refractivity contribution in [1.82, 2.24) is 4.90 Å². The smallest absolute Gasteiger partial charge is 0.322 e. The number of rotatable bonds is 3. The summed E-state index contributed by atoms with van der Waals surface area (Å²) in [5.41, 5.74) is 1.46. The van der Waals surface area contributed by atoms with Crippen LogP contribution >= 0.6 is 0 Å². The van der Waals surface area contributed by atoms with E-state index in [0.717, 1.165) is 11.3 Å². The number of hydrogen-bond acceptors (Lipinski definition) is 2. The summed E-state index contributed by atoms with van der Waals surface area (Å²) in [6.07, 6.45) is 0. The Balaban J connectivity index is 2.09. The zero-order valence-corrected chi connectivity index (χ0v) is 11.6. The van der Waals surface area contributed by atoms with Gasteiger partial charge in [0.15, 0.2) is 0 Å². The Morgan fingerprint density at radius 1 is 1.10 bits per heavy atom. The van der Waals surface area contributed by atoms with Gasteiger partial charge in [-0.1, -0.05) is 36.4 Å². The van der Waals surface area contributed by atoms with Crippen LogP contribution in [0.25, 0.3) is 0 Å². The first-order valence-electron chi connectivity index (χ1n) is 6.46. The van der Waals surface area contributed by atoms with Gasteiger partial charge in [0.2, 0.25) is 0 Å². The third-order valence-electron chi connectivity index (χ3n) is 3.31. The fourth-order valence-corrected chi connectivity index (χ4v) is 1.96. The Morgan fingerprint density at radius 3 is 2.35 bits per heavy atom. The normalized spacial score (nSPS) is 11.7. The van der Waals surface area contributed by atoms with Gasteiger partial charge in [0.25, 0.3) is 0 Å². The molecular formula is C16H18N2O2. The summed E-state index contributed by atoms with van der Waals surface area (Å²) in [5.74, 6) is 0.194. The maximum absolute atomic E-state index is 12.2. The summed E-state index contributed by atoms with van der Waals surface area (Å²) in [5, 5.41) is 12.7. The van der Waals surface area contributed by atoms with E-state index in [1.54, 1.807) is 24.1 Å². The molecule has 0 aromatic heterocycles. The summed E-state index contributed by atoms with van der Waals surface area (Å²) in [4.78, 5) is 13.7. The standard InChI is InChI=1S/C16H18N2O2/c1-12(14-10-6-7-11-15(14)19)18(2)16(20)17-13-8-4-3-5-9-13/h3-12,19H,1-2H3,(H,17,20). The second kappa shape index (κ2) is 6.10. The van der Waals surface area contributed by atoms with Crippen LogP contribution in [0, 0.1) is 0 Å². The van der Waals surface area contributed by atoms with Crippen molar-refractivity contribution < 1.29 is 9.90 Å². The van der Waals surface area contributed by atoms with E-state index in [1.165, 1.54) is 0 Å². The number of phenolic OH excluding ortho intramolecular Hbond substituents is 1. The van der Waals surface area contributed by atoms with Crippen LogP contribution in [0.3, 0.4) is 0 Å². The monoisotopic (exact) mass is 270 g/mol. The van der Waals surface area contributed by atoms with Crippen molar-refractivity contribution in [3.05, 3.63) is 60.2 Å². The molecule has 2 aromatic carbocycles. The minimum Gasteiger partial charge on any atom is -0.508 e. The number of phenols is 1. The fourth-order valence-electron chi connectivity index (χ4n) is 1.96. The Morgan fingerprint density at radius 2 is 1.70 bits per heavy atom. The number of aromatic hydroxyl groups is 1. The van der Waals surface area contributed by atoms with Crippen LogP contribution in [0.1, 0.15) is 18.5 Å². The van der Waals surface area contributed by atoms with Crippen molar-refractivity contribution in [1.29, 1.82) is 0 Å². The molecular weight excluding hydrogens is 252 g/mol. The van der Waals surface area contributed by atoms with Gasteiger partial charge in [-0.15, -0.1) is 0 Å². The quantitative estimate of drug-likeness (QED) is 0.895. The first-order valence-corrected chi connectivity index (χ1v) is 6.46. The highest BCUT2D eigenvalue weighted by Crippen LogP contribution is 2.27. The second-order valence-electron chi connectivity index (χ2n) is 4.64. The van der Waals surface area contributed by atoms with Crippen LogP contribution in [0.4, 0.5) is 10.5 Å². The summed E-state index contributed by atoms with van der Waals surface area (Å²) in [7, 11) is 1.70. The van der Waals surface area contributed by atoms with Crippen LogP contribution < -0.4 is 5.32 Å². The molecule has 0 heterocycles. The van der Waals surface area contributed by atoms with Gasteiger partial charge in [0, 0.05) is 18.3 Å². The van der Waals surface area contributed by atoms with Crippen molar-refractivity contribution in [3.8, 4) is 5.75 Å². The molecule has 4 nitrogen and oxygen atoms in total. The molecule has 0 saturated heterocycles. The molecule has 0 radical (unpaired) electrons. The van der Waals surface area contributed by atoms with Gasteiger partial charge in [-0.25, -0.2) is 4.79 Å². The highest BCUT2D eigenvalue weighted by molar-refractivity contribution is 5.89. The molecule has 0 saturated carbocycles. The number of nitrogens with one attached hydrogen (secondary N) is 1. The number of para-hydroxylation sites is 2. The maximum atomic E-state index is 12.2. The van der Waals surface area contributed by atoms with E-state index < -0.39 is 0 Å². The molecule has 2 N–H and O–H groups in total. The number of carbonyl (C=O) groups is 1. The number of hydrogen-bond donors (Lipinski definition) is 2. The van der Waals surface area contributed by atoms with E-state index >= 15 is 0 Å². The lowest BCUT2D eigenvalue weighted by Crippen LogP contribution is -2.33. The number of nitrogens with zero attached hydrogens (tertiary/aromatic N) is 1. The molecule has 20 heavy (non-hydrogen) atoms. The van der Waals surface area contributed by atoms with Crippen molar-refractivity contribution in [2.45, 2.75) is 13.0 Å². The van der Waals surface area contributed by atoms with Crippen molar-refractivity contribution in [2.24, 2.45) is 0 Å². The summed E-state index contributed by atoms with van der Waals surface area (Å²) >= 11 is 0. The molecule has 0 aliphatic rings. The highest BCUT2D eigenvalue weighted by Gasteiger charge is 2.19. The highest BCUT2D eigenvalue weighted by atomic mass is 16.3. The van der Waals surface area contributed by atoms with Gasteiger partial charge in [0.1, 0.15) is 5.75 Å². The van der Waals surface area contributed by atoms with E-state index in [9.17, 15) is 9.90 Å². The Bertz CT molecular complexity index is 584. The summed E-state index contributed by atoms with van der Waals surface area (Å²) in [6, 6.07) is 15.9. The van der Waals surface area contributed by atoms with Crippen LogP contribution in [0.5, 0.6) is 5.75 Å². The van der Waals surface area contributed by atoms with E-state index in [0.29, 0.717) is 0 Å². The average Bonchev–Trinajstić information content (AvgIpc) is 2.47. The predicted molar refractivity (Wildman–Crippen MR) is 79.7 cm³/mol. The van der Waals surface area contributed by atoms with E-state index in [4.69, 9.17) is 0 Å². The fraction of sp³-hybridized carbons (Fsp3) is 0.188. The molecule has 1 unspecified atom stereocenters. The third-order valence-corrected chi connectivity index (χ3v) is 3.31. The Hall–Kier alpha value is -2.49. The molecule has 2 aromatic rings.